The molecule has 0 unspecified atom stereocenters. The van der Waals surface area contributed by atoms with Gasteiger partial charge in [0.25, 0.3) is 0 Å². The molecule has 0 amide bonds. The lowest BCUT2D eigenvalue weighted by molar-refractivity contribution is 0.317. The van der Waals surface area contributed by atoms with E-state index in [1.54, 1.807) is 0 Å². The highest BCUT2D eigenvalue weighted by Crippen LogP contribution is 2.09. The Balaban J connectivity index is 2.48. The van der Waals surface area contributed by atoms with Gasteiger partial charge in [-0.25, -0.2) is 0 Å². The van der Waals surface area contributed by atoms with Crippen molar-refractivity contribution >= 4 is 11.5 Å². The zero-order valence-corrected chi connectivity index (χ0v) is 8.27. The first-order valence-corrected chi connectivity index (χ1v) is 4.53. The number of terminal acetylenes is 1. The Morgan fingerprint density at radius 3 is 3.07 bits per heavy atom. The lowest BCUT2D eigenvalue weighted by Crippen LogP contribution is -2.16. The molecule has 0 atom stereocenters. The van der Waals surface area contributed by atoms with Gasteiger partial charge in [0.05, 0.1) is 0 Å². The van der Waals surface area contributed by atoms with Crippen LogP contribution in [0, 0.1) is 12.3 Å². The van der Waals surface area contributed by atoms with Crippen LogP contribution in [-0.2, 0) is 0 Å². The van der Waals surface area contributed by atoms with Crippen LogP contribution in [0.5, 0.6) is 0 Å². The number of nitrogens with zero attached hydrogens (tertiary/aromatic N) is 1. The van der Waals surface area contributed by atoms with Gasteiger partial charge < -0.3 is 16.3 Å². The molecule has 78 valence electrons. The van der Waals surface area contributed by atoms with Gasteiger partial charge in [-0.05, 0) is 18.2 Å². The molecule has 4 N–H and O–H groups in total. The largest absolute Gasteiger partial charge is 0.409 e. The Hall–Kier alpha value is -2.15. The molecule has 0 saturated carbocycles. The van der Waals surface area contributed by atoms with Crippen molar-refractivity contribution in [3.63, 3.8) is 0 Å². The minimum Gasteiger partial charge on any atom is -0.409 e. The highest BCUT2D eigenvalue weighted by molar-refractivity contribution is 5.80. The summed E-state index contributed by atoms with van der Waals surface area (Å²) in [5.41, 5.74) is 7.07. The van der Waals surface area contributed by atoms with Crippen molar-refractivity contribution in [3.05, 3.63) is 29.8 Å². The van der Waals surface area contributed by atoms with Gasteiger partial charge in [-0.1, -0.05) is 17.1 Å². The Kier molecular flexibility index (Phi) is 4.05. The van der Waals surface area contributed by atoms with Gasteiger partial charge in [-0.15, -0.1) is 6.42 Å². The number of rotatable bonds is 4. The van der Waals surface area contributed by atoms with Crippen molar-refractivity contribution < 1.29 is 5.21 Å². The number of hydrogen-bond acceptors (Lipinski definition) is 3. The predicted molar refractivity (Wildman–Crippen MR) is 60.9 cm³/mol. The first kappa shape index (κ1) is 10.9. The molecule has 0 aromatic heterocycles. The average molecular weight is 203 g/mol. The third kappa shape index (κ3) is 3.61. The van der Waals surface area contributed by atoms with Crippen molar-refractivity contribution in [2.45, 2.75) is 6.42 Å². The fourth-order valence-electron chi connectivity index (χ4n) is 1.10. The second-order valence-electron chi connectivity index (χ2n) is 2.99. The smallest absolute Gasteiger partial charge is 0.140 e. The van der Waals surface area contributed by atoms with Gasteiger partial charge >= 0.3 is 0 Å². The quantitative estimate of drug-likeness (QED) is 0.226. The molecule has 0 aliphatic carbocycles. The summed E-state index contributed by atoms with van der Waals surface area (Å²) in [5, 5.41) is 14.3. The van der Waals surface area contributed by atoms with Gasteiger partial charge in [-0.2, -0.15) is 0 Å². The Morgan fingerprint density at radius 1 is 1.60 bits per heavy atom. The normalized spacial score (nSPS) is 10.7. The molecule has 4 heteroatoms. The van der Waals surface area contributed by atoms with Crippen LogP contribution in [0.3, 0.4) is 0 Å². The molecule has 1 rings (SSSR count). The summed E-state index contributed by atoms with van der Waals surface area (Å²) in [5.74, 6) is 2.75. The van der Waals surface area contributed by atoms with E-state index in [-0.39, 0.29) is 5.84 Å². The Labute approximate surface area is 88.8 Å². The van der Waals surface area contributed by atoms with E-state index in [0.29, 0.717) is 13.0 Å². The van der Waals surface area contributed by atoms with Gasteiger partial charge in [0.1, 0.15) is 5.84 Å². The molecule has 1 aromatic rings. The molecule has 0 spiro atoms. The minimum absolute atomic E-state index is 0.204. The van der Waals surface area contributed by atoms with E-state index in [0.717, 1.165) is 11.3 Å². The fourth-order valence-corrected chi connectivity index (χ4v) is 1.10. The molecule has 0 radical (unpaired) electrons. The SMILES string of the molecule is C#Cc1cccc(NCCC(N)=NO)c1. The van der Waals surface area contributed by atoms with E-state index < -0.39 is 0 Å². The Morgan fingerprint density at radius 2 is 2.40 bits per heavy atom. The molecular formula is C11H13N3O. The first-order valence-electron chi connectivity index (χ1n) is 4.53. The number of amidine groups is 1. The first-order chi connectivity index (χ1) is 7.26. The minimum atomic E-state index is 0.204. The summed E-state index contributed by atoms with van der Waals surface area (Å²) >= 11 is 0. The molecule has 0 aliphatic heterocycles. The lowest BCUT2D eigenvalue weighted by atomic mass is 10.2. The molecule has 0 aliphatic rings. The van der Waals surface area contributed by atoms with Crippen LogP contribution >= 0.6 is 0 Å². The van der Waals surface area contributed by atoms with E-state index >= 15 is 0 Å². The van der Waals surface area contributed by atoms with Gasteiger partial charge in [0.15, 0.2) is 0 Å². The fraction of sp³-hybridized carbons (Fsp3) is 0.182. The zero-order chi connectivity index (χ0) is 11.1. The predicted octanol–water partition coefficient (Wildman–Crippen LogP) is 1.22. The molecule has 0 bridgehead atoms. The van der Waals surface area contributed by atoms with Crippen molar-refractivity contribution in [2.24, 2.45) is 10.9 Å². The molecule has 0 fully saturated rings. The standard InChI is InChI=1S/C11H13N3O/c1-2-9-4-3-5-10(8-9)13-7-6-11(12)14-15/h1,3-5,8,13,15H,6-7H2,(H2,12,14). The summed E-state index contributed by atoms with van der Waals surface area (Å²) in [7, 11) is 0. The summed E-state index contributed by atoms with van der Waals surface area (Å²) < 4.78 is 0. The average Bonchev–Trinajstić information content (AvgIpc) is 2.29. The van der Waals surface area contributed by atoms with E-state index in [1.807, 2.05) is 24.3 Å². The van der Waals surface area contributed by atoms with Gasteiger partial charge in [0, 0.05) is 24.2 Å². The van der Waals surface area contributed by atoms with E-state index in [1.165, 1.54) is 0 Å². The molecule has 0 heterocycles. The van der Waals surface area contributed by atoms with E-state index in [9.17, 15) is 0 Å². The Bertz CT molecular complexity index is 393. The maximum Gasteiger partial charge on any atom is 0.140 e. The second-order valence-corrected chi connectivity index (χ2v) is 2.99. The highest BCUT2D eigenvalue weighted by atomic mass is 16.4. The number of nitrogens with one attached hydrogen (secondary N) is 1. The third-order valence-electron chi connectivity index (χ3n) is 1.87. The molecule has 1 aromatic carbocycles. The summed E-state index contributed by atoms with van der Waals surface area (Å²) in [6, 6.07) is 7.51. The van der Waals surface area contributed by atoms with Gasteiger partial charge in [-0.3, -0.25) is 0 Å². The zero-order valence-electron chi connectivity index (χ0n) is 8.27. The number of anilines is 1. The van der Waals surface area contributed by atoms with Crippen LogP contribution in [-0.4, -0.2) is 17.6 Å². The molecular weight excluding hydrogens is 190 g/mol. The summed E-state index contributed by atoms with van der Waals surface area (Å²) in [6.07, 6.45) is 5.75. The molecule has 0 saturated heterocycles. The van der Waals surface area contributed by atoms with Crippen LogP contribution in [0.2, 0.25) is 0 Å². The maximum absolute atomic E-state index is 8.32. The van der Waals surface area contributed by atoms with Crippen LogP contribution < -0.4 is 11.1 Å². The maximum atomic E-state index is 8.32. The second kappa shape index (κ2) is 5.55. The highest BCUT2D eigenvalue weighted by Gasteiger charge is 1.95. The number of hydrogen-bond donors (Lipinski definition) is 3. The number of nitrogens with two attached hydrogens (primary N) is 1. The number of oxime groups is 1. The van der Waals surface area contributed by atoms with Crippen molar-refractivity contribution in [3.8, 4) is 12.3 Å². The summed E-state index contributed by atoms with van der Waals surface area (Å²) in [4.78, 5) is 0. The van der Waals surface area contributed by atoms with Crippen LogP contribution in [0.25, 0.3) is 0 Å². The van der Waals surface area contributed by atoms with E-state index in [2.05, 4.69) is 16.4 Å². The van der Waals surface area contributed by atoms with Gasteiger partial charge in [0.2, 0.25) is 0 Å². The molecule has 15 heavy (non-hydrogen) atoms. The van der Waals surface area contributed by atoms with Crippen molar-refractivity contribution in [1.82, 2.24) is 0 Å². The van der Waals surface area contributed by atoms with Crippen molar-refractivity contribution in [2.75, 3.05) is 11.9 Å². The molecule has 4 nitrogen and oxygen atoms in total. The van der Waals surface area contributed by atoms with Crippen LogP contribution in [0.4, 0.5) is 5.69 Å². The monoisotopic (exact) mass is 203 g/mol. The van der Waals surface area contributed by atoms with E-state index in [4.69, 9.17) is 17.4 Å². The van der Waals surface area contributed by atoms with Crippen LogP contribution in [0.15, 0.2) is 29.4 Å². The summed E-state index contributed by atoms with van der Waals surface area (Å²) in [6.45, 7) is 0.601. The number of benzene rings is 1. The third-order valence-corrected chi connectivity index (χ3v) is 1.87. The topological polar surface area (TPSA) is 70.6 Å². The lowest BCUT2D eigenvalue weighted by Gasteiger charge is -2.05. The van der Waals surface area contributed by atoms with Crippen molar-refractivity contribution in [1.29, 1.82) is 0 Å². The van der Waals surface area contributed by atoms with Crippen LogP contribution in [0.1, 0.15) is 12.0 Å².